The van der Waals surface area contributed by atoms with Crippen LogP contribution in [0, 0.1) is 0 Å². The van der Waals surface area contributed by atoms with E-state index in [9.17, 15) is 14.4 Å². The fourth-order valence-corrected chi connectivity index (χ4v) is 3.23. The first-order chi connectivity index (χ1) is 11.2. The summed E-state index contributed by atoms with van der Waals surface area (Å²) in [5.74, 6) is -1.09. The molecule has 5 heteroatoms. The number of carbonyl (C=O) groups is 3. The number of rotatable bonds is 1. The van der Waals surface area contributed by atoms with Crippen LogP contribution in [0.4, 0.5) is 0 Å². The number of benzene rings is 2. The first kappa shape index (κ1) is 13.7. The molecule has 2 aliphatic heterocycles. The highest BCUT2D eigenvalue weighted by molar-refractivity contribution is 6.22. The Morgan fingerprint density at radius 1 is 0.826 bits per heavy atom. The Kier molecular flexibility index (Phi) is 3.01. The zero-order valence-electron chi connectivity index (χ0n) is 12.3. The van der Waals surface area contributed by atoms with Crippen molar-refractivity contribution in [2.45, 2.75) is 19.0 Å². The van der Waals surface area contributed by atoms with Gasteiger partial charge in [0.05, 0.1) is 11.1 Å². The Bertz CT molecular complexity index is 809. The molecule has 1 atom stereocenters. The molecule has 5 nitrogen and oxygen atoms in total. The molecule has 0 fully saturated rings. The quantitative estimate of drug-likeness (QED) is 0.812. The van der Waals surface area contributed by atoms with E-state index in [-0.39, 0.29) is 5.91 Å². The van der Waals surface area contributed by atoms with Crippen LogP contribution in [0.5, 0.6) is 0 Å². The Labute approximate surface area is 132 Å². The molecule has 2 aromatic rings. The van der Waals surface area contributed by atoms with E-state index < -0.39 is 17.9 Å². The summed E-state index contributed by atoms with van der Waals surface area (Å²) in [5, 5.41) is 2.81. The van der Waals surface area contributed by atoms with Crippen LogP contribution in [0.1, 0.15) is 31.8 Å². The third-order valence-electron chi connectivity index (χ3n) is 4.42. The fraction of sp³-hybridized carbons (Fsp3) is 0.167. The second-order valence-corrected chi connectivity index (χ2v) is 5.73. The van der Waals surface area contributed by atoms with Gasteiger partial charge in [0.2, 0.25) is 5.91 Å². The molecule has 3 amide bonds. The van der Waals surface area contributed by atoms with Gasteiger partial charge in [0.15, 0.2) is 0 Å². The Hall–Kier alpha value is -2.95. The molecule has 0 spiro atoms. The Morgan fingerprint density at radius 3 is 2.04 bits per heavy atom. The van der Waals surface area contributed by atoms with Crippen LogP contribution in [-0.4, -0.2) is 28.7 Å². The zero-order chi connectivity index (χ0) is 16.0. The zero-order valence-corrected chi connectivity index (χ0v) is 12.3. The van der Waals surface area contributed by atoms with Gasteiger partial charge in [-0.05, 0) is 23.3 Å². The molecule has 0 radical (unpaired) electrons. The van der Waals surface area contributed by atoms with Gasteiger partial charge < -0.3 is 5.32 Å². The van der Waals surface area contributed by atoms with Crippen molar-refractivity contribution in [3.63, 3.8) is 0 Å². The minimum absolute atomic E-state index is 0.296. The van der Waals surface area contributed by atoms with E-state index >= 15 is 0 Å². The van der Waals surface area contributed by atoms with E-state index in [4.69, 9.17) is 0 Å². The Morgan fingerprint density at radius 2 is 1.39 bits per heavy atom. The van der Waals surface area contributed by atoms with Gasteiger partial charge in [0, 0.05) is 13.0 Å². The minimum atomic E-state index is -0.814. The van der Waals surface area contributed by atoms with Gasteiger partial charge in [-0.3, -0.25) is 19.3 Å². The molecule has 0 saturated carbocycles. The van der Waals surface area contributed by atoms with Crippen LogP contribution in [0.25, 0.3) is 0 Å². The van der Waals surface area contributed by atoms with Crippen LogP contribution in [-0.2, 0) is 17.8 Å². The van der Waals surface area contributed by atoms with Crippen molar-refractivity contribution in [3.05, 3.63) is 70.8 Å². The number of hydrogen-bond acceptors (Lipinski definition) is 3. The Balaban J connectivity index is 1.75. The highest BCUT2D eigenvalue weighted by Crippen LogP contribution is 2.27. The average molecular weight is 306 g/mol. The summed E-state index contributed by atoms with van der Waals surface area (Å²) in [5.41, 5.74) is 2.72. The molecule has 4 rings (SSSR count). The van der Waals surface area contributed by atoms with E-state index in [1.54, 1.807) is 24.3 Å². The summed E-state index contributed by atoms with van der Waals surface area (Å²) in [6, 6.07) is 13.6. The maximum Gasteiger partial charge on any atom is 0.262 e. The van der Waals surface area contributed by atoms with Gasteiger partial charge in [-0.25, -0.2) is 0 Å². The van der Waals surface area contributed by atoms with E-state index in [0.29, 0.717) is 24.1 Å². The van der Waals surface area contributed by atoms with Gasteiger partial charge in [-0.1, -0.05) is 36.4 Å². The van der Waals surface area contributed by atoms with Crippen molar-refractivity contribution < 1.29 is 14.4 Å². The molecule has 0 bridgehead atoms. The summed E-state index contributed by atoms with van der Waals surface area (Å²) >= 11 is 0. The lowest BCUT2D eigenvalue weighted by molar-refractivity contribution is -0.124. The largest absolute Gasteiger partial charge is 0.350 e. The number of imide groups is 1. The van der Waals surface area contributed by atoms with Gasteiger partial charge in [-0.2, -0.15) is 0 Å². The summed E-state index contributed by atoms with van der Waals surface area (Å²) in [6.45, 7) is 0.411. The van der Waals surface area contributed by atoms with Crippen molar-refractivity contribution >= 4 is 17.7 Å². The third kappa shape index (κ3) is 2.04. The van der Waals surface area contributed by atoms with Crippen LogP contribution < -0.4 is 5.32 Å². The molecular weight excluding hydrogens is 292 g/mol. The van der Waals surface area contributed by atoms with Crippen molar-refractivity contribution in [3.8, 4) is 0 Å². The third-order valence-corrected chi connectivity index (χ3v) is 4.42. The molecule has 1 N–H and O–H groups in total. The van der Waals surface area contributed by atoms with Crippen molar-refractivity contribution in [2.75, 3.05) is 0 Å². The van der Waals surface area contributed by atoms with Gasteiger partial charge in [-0.15, -0.1) is 0 Å². The van der Waals surface area contributed by atoms with E-state index in [2.05, 4.69) is 5.32 Å². The summed E-state index contributed by atoms with van der Waals surface area (Å²) < 4.78 is 0. The minimum Gasteiger partial charge on any atom is -0.350 e. The van der Waals surface area contributed by atoms with E-state index in [1.807, 2.05) is 24.3 Å². The lowest BCUT2D eigenvalue weighted by Crippen LogP contribution is -2.49. The highest BCUT2D eigenvalue weighted by atomic mass is 16.2. The highest BCUT2D eigenvalue weighted by Gasteiger charge is 2.43. The van der Waals surface area contributed by atoms with E-state index in [1.165, 1.54) is 0 Å². The standard InChI is InChI=1S/C18H14N2O3/c21-16-15(9-11-5-1-2-6-12(11)10-19-16)20-17(22)13-7-3-4-8-14(13)18(20)23/h1-8,15H,9-10H2,(H,19,21). The number of amides is 3. The number of hydrogen-bond donors (Lipinski definition) is 1. The maximum absolute atomic E-state index is 12.6. The molecule has 2 heterocycles. The molecule has 0 aliphatic carbocycles. The predicted molar refractivity (Wildman–Crippen MR) is 82.7 cm³/mol. The number of nitrogens with one attached hydrogen (secondary N) is 1. The molecular formula is C18H14N2O3. The smallest absolute Gasteiger partial charge is 0.262 e. The summed E-state index contributed by atoms with van der Waals surface area (Å²) in [6.07, 6.45) is 0.341. The second-order valence-electron chi connectivity index (χ2n) is 5.73. The molecule has 2 aromatic carbocycles. The van der Waals surface area contributed by atoms with Gasteiger partial charge in [0.25, 0.3) is 11.8 Å². The van der Waals surface area contributed by atoms with Gasteiger partial charge in [0.1, 0.15) is 6.04 Å². The van der Waals surface area contributed by atoms with Gasteiger partial charge >= 0.3 is 0 Å². The van der Waals surface area contributed by atoms with Crippen molar-refractivity contribution in [1.82, 2.24) is 10.2 Å². The normalized spacial score (nSPS) is 19.9. The topological polar surface area (TPSA) is 66.5 Å². The monoisotopic (exact) mass is 306 g/mol. The predicted octanol–water partition coefficient (Wildman–Crippen LogP) is 1.52. The number of nitrogens with zero attached hydrogens (tertiary/aromatic N) is 1. The van der Waals surface area contributed by atoms with Crippen LogP contribution in [0.2, 0.25) is 0 Å². The maximum atomic E-state index is 12.6. The summed E-state index contributed by atoms with van der Waals surface area (Å²) in [4.78, 5) is 38.8. The molecule has 0 aromatic heterocycles. The summed E-state index contributed by atoms with van der Waals surface area (Å²) in [7, 11) is 0. The molecule has 23 heavy (non-hydrogen) atoms. The van der Waals surface area contributed by atoms with Crippen molar-refractivity contribution in [1.29, 1.82) is 0 Å². The molecule has 114 valence electrons. The molecule has 0 saturated heterocycles. The van der Waals surface area contributed by atoms with Crippen LogP contribution in [0.15, 0.2) is 48.5 Å². The first-order valence-electron chi connectivity index (χ1n) is 7.48. The van der Waals surface area contributed by atoms with Crippen LogP contribution in [0.3, 0.4) is 0 Å². The first-order valence-corrected chi connectivity index (χ1v) is 7.48. The fourth-order valence-electron chi connectivity index (χ4n) is 3.23. The lowest BCUT2D eigenvalue weighted by atomic mass is 10.0. The second kappa shape index (κ2) is 5.05. The van der Waals surface area contributed by atoms with Crippen molar-refractivity contribution in [2.24, 2.45) is 0 Å². The van der Waals surface area contributed by atoms with Crippen LogP contribution >= 0.6 is 0 Å². The molecule has 1 unspecified atom stereocenters. The lowest BCUT2D eigenvalue weighted by Gasteiger charge is -2.23. The average Bonchev–Trinajstić information content (AvgIpc) is 2.72. The number of carbonyl (C=O) groups excluding carboxylic acids is 3. The SMILES string of the molecule is O=C1NCc2ccccc2CC1N1C(=O)c2ccccc2C1=O. The molecule has 2 aliphatic rings. The van der Waals surface area contributed by atoms with E-state index in [0.717, 1.165) is 16.0 Å². The number of fused-ring (bicyclic) bond motifs is 2.